The summed E-state index contributed by atoms with van der Waals surface area (Å²) in [4.78, 5) is 0. The minimum atomic E-state index is -0.926. The van der Waals surface area contributed by atoms with E-state index in [1.54, 1.807) is 46.5 Å². The van der Waals surface area contributed by atoms with Crippen LogP contribution in [0, 0.1) is 28.6 Å². The Kier molecular flexibility index (Phi) is 16.2. The van der Waals surface area contributed by atoms with Gasteiger partial charge in [-0.3, -0.25) is 0 Å². The van der Waals surface area contributed by atoms with Crippen molar-refractivity contribution in [2.75, 3.05) is 41.7 Å². The Hall–Kier alpha value is -1.28. The fourth-order valence-corrected chi connectivity index (χ4v) is 16.2. The van der Waals surface area contributed by atoms with Gasteiger partial charge in [-0.25, -0.2) is 0 Å². The Labute approximate surface area is 443 Å². The number of allylic oxidation sites excluding steroid dienone is 2. The van der Waals surface area contributed by atoms with Crippen LogP contribution in [0.5, 0.6) is 0 Å². The average molecular weight is 1070 g/mol. The molecule has 75 heavy (non-hydrogen) atoms. The van der Waals surface area contributed by atoms with Crippen LogP contribution in [-0.4, -0.2) is 198 Å². The molecular formula is C56H88O19. The van der Waals surface area contributed by atoms with Crippen molar-refractivity contribution < 1.29 is 91.1 Å². The second kappa shape index (κ2) is 21.9. The number of hydrogen-bond acceptors (Lipinski definition) is 19. The zero-order valence-electron chi connectivity index (χ0n) is 46.1. The van der Waals surface area contributed by atoms with Crippen molar-refractivity contribution >= 4 is 0 Å². The van der Waals surface area contributed by atoms with E-state index in [0.29, 0.717) is 56.3 Å². The molecule has 0 aromatic carbocycles. The number of rotatable bonds is 14. The SMILES string of the molecule is CO[C@H]1C[C@H](O[C@H]2[C@@H](O)C[C@H](O[C@@H]3[C@H](C)O[C@@H](O[C@H]4[C@@H](OC)C[C@H](O[C@@H]5CC6=CCC7=C8C[C@@H]9CO[C@]%10(C)OC[C@@]8(CC[C@@H]7[C@@]6(C)C[C@H]5O)[C@H]9%10)O[C@@H]4C)C[C@H]3OC)O[C@@H]2C)O[C@H](C)[C@H]1O[C@H]1C[C@@H](OC)[C@@H](O)[C@H](C)O1. The predicted octanol–water partition coefficient (Wildman–Crippen LogP) is 4.97. The van der Waals surface area contributed by atoms with Gasteiger partial charge in [0.25, 0.3) is 0 Å². The molecule has 11 aliphatic rings. The highest BCUT2D eigenvalue weighted by atomic mass is 16.8. The highest BCUT2D eigenvalue weighted by Crippen LogP contribution is 2.71. The monoisotopic (exact) mass is 1060 g/mol. The molecule has 7 aliphatic heterocycles. The molecule has 0 aromatic rings. The fourth-order valence-electron chi connectivity index (χ4n) is 16.2. The summed E-state index contributed by atoms with van der Waals surface area (Å²) in [6.07, 6.45) is -2.34. The summed E-state index contributed by atoms with van der Waals surface area (Å²) in [6, 6.07) is 0. The molecule has 0 bridgehead atoms. The van der Waals surface area contributed by atoms with E-state index >= 15 is 0 Å². The highest BCUT2D eigenvalue weighted by Gasteiger charge is 2.70. The molecule has 19 nitrogen and oxygen atoms in total. The minimum absolute atomic E-state index is 0.108. The van der Waals surface area contributed by atoms with Gasteiger partial charge in [0.05, 0.1) is 86.5 Å². The lowest BCUT2D eigenvalue weighted by molar-refractivity contribution is -0.351. The van der Waals surface area contributed by atoms with Gasteiger partial charge in [0, 0.05) is 71.9 Å². The molecule has 1 spiro atoms. The Morgan fingerprint density at radius 1 is 0.547 bits per heavy atom. The van der Waals surface area contributed by atoms with E-state index in [-0.39, 0.29) is 23.4 Å². The molecule has 9 fully saturated rings. The first-order valence-corrected chi connectivity index (χ1v) is 28.3. The minimum Gasteiger partial charge on any atom is -0.390 e. The van der Waals surface area contributed by atoms with Crippen LogP contribution in [0.3, 0.4) is 0 Å². The zero-order chi connectivity index (χ0) is 52.9. The quantitative estimate of drug-likeness (QED) is 0.196. The van der Waals surface area contributed by atoms with Crippen molar-refractivity contribution in [1.82, 2.24) is 0 Å². The number of hydrogen-bond donors (Lipinski definition) is 3. The number of aliphatic hydroxyl groups excluding tert-OH is 3. The van der Waals surface area contributed by atoms with E-state index < -0.39 is 135 Å². The molecule has 0 radical (unpaired) electrons. The summed E-state index contributed by atoms with van der Waals surface area (Å²) in [7, 11) is 6.50. The Morgan fingerprint density at radius 3 is 1.59 bits per heavy atom. The average Bonchev–Trinajstić information content (AvgIpc) is 4.02. The lowest BCUT2D eigenvalue weighted by Crippen LogP contribution is -2.58. The number of fused-ring (bicyclic) bond motifs is 3. The van der Waals surface area contributed by atoms with Gasteiger partial charge >= 0.3 is 0 Å². The topological polar surface area (TPSA) is 208 Å². The van der Waals surface area contributed by atoms with E-state index in [0.717, 1.165) is 38.9 Å². The summed E-state index contributed by atoms with van der Waals surface area (Å²) in [5, 5.41) is 33.8. The Bertz CT molecular complexity index is 2050. The first-order valence-electron chi connectivity index (χ1n) is 28.3. The molecule has 7 saturated heterocycles. The van der Waals surface area contributed by atoms with Gasteiger partial charge in [0.1, 0.15) is 30.5 Å². The fraction of sp³-hybridized carbons (Fsp3) is 0.929. The maximum absolute atomic E-state index is 11.9. The van der Waals surface area contributed by atoms with E-state index in [1.165, 1.54) is 5.57 Å². The van der Waals surface area contributed by atoms with Gasteiger partial charge in [-0.2, -0.15) is 0 Å². The van der Waals surface area contributed by atoms with E-state index in [1.807, 2.05) is 27.7 Å². The van der Waals surface area contributed by atoms with Crippen LogP contribution in [-0.2, 0) is 75.8 Å². The second-order valence-corrected chi connectivity index (χ2v) is 24.4. The normalized spacial score (nSPS) is 53.7. The van der Waals surface area contributed by atoms with Crippen LogP contribution < -0.4 is 0 Å². The molecule has 19 heteroatoms. The summed E-state index contributed by atoms with van der Waals surface area (Å²) in [5.41, 5.74) is 4.65. The third-order valence-electron chi connectivity index (χ3n) is 20.1. The van der Waals surface area contributed by atoms with Crippen LogP contribution in [0.4, 0.5) is 0 Å². The third kappa shape index (κ3) is 10.1. The van der Waals surface area contributed by atoms with E-state index in [9.17, 15) is 15.3 Å². The van der Waals surface area contributed by atoms with Crippen LogP contribution in [0.1, 0.15) is 119 Å². The van der Waals surface area contributed by atoms with Crippen molar-refractivity contribution in [2.45, 2.75) is 260 Å². The van der Waals surface area contributed by atoms with Crippen LogP contribution in [0.25, 0.3) is 0 Å². The molecule has 0 aromatic heterocycles. The molecule has 7 heterocycles. The summed E-state index contributed by atoms with van der Waals surface area (Å²) in [5.74, 6) is 0.947. The van der Waals surface area contributed by atoms with E-state index in [4.69, 9.17) is 75.8 Å². The molecule has 426 valence electrons. The van der Waals surface area contributed by atoms with Crippen molar-refractivity contribution in [3.05, 3.63) is 22.8 Å². The molecule has 28 atom stereocenters. The van der Waals surface area contributed by atoms with Crippen molar-refractivity contribution in [1.29, 1.82) is 0 Å². The van der Waals surface area contributed by atoms with Gasteiger partial charge < -0.3 is 91.1 Å². The standard InChI is InChI=1S/C56H88O19/c1-26-48(59)39(60-8)19-45(66-26)74-52-30(5)69-46(21-41(52)62-10)72-49-27(2)67-43(18-36(49)57)73-50-29(4)70-47(22-42(50)63-11)75-51-28(3)68-44(20-40(51)61-9)71-38-17-32-12-13-33-34(54(32,6)23-37(38)58)14-15-56-25-65-55(7)53(56)31(24-64-55)16-35(33)56/h12,26-31,34,36-53,57-59H,13-25H2,1-11H3/t26-,27+,28+,29-,30+,31+,34-,36-,37+,38+,39+,40-,41-,42+,43-,44-,45-,46-,47-,48-,49+,50+,51+,52+,53+,54-,55+,56+/m0/s1. The number of ether oxygens (including phenoxy) is 16. The van der Waals surface area contributed by atoms with Gasteiger partial charge in [0.2, 0.25) is 0 Å². The molecule has 11 rings (SSSR count). The van der Waals surface area contributed by atoms with Crippen molar-refractivity contribution in [3.63, 3.8) is 0 Å². The summed E-state index contributed by atoms with van der Waals surface area (Å²) < 4.78 is 100. The van der Waals surface area contributed by atoms with Crippen LogP contribution in [0.2, 0.25) is 0 Å². The maximum atomic E-state index is 11.9. The summed E-state index contributed by atoms with van der Waals surface area (Å²) in [6.45, 7) is 15.5. The Balaban J connectivity index is 0.653. The van der Waals surface area contributed by atoms with Crippen LogP contribution >= 0.6 is 0 Å². The van der Waals surface area contributed by atoms with Crippen molar-refractivity contribution in [3.8, 4) is 0 Å². The first-order chi connectivity index (χ1) is 35.9. The number of methoxy groups -OCH3 is 4. The molecule has 2 saturated carbocycles. The second-order valence-electron chi connectivity index (χ2n) is 24.4. The highest BCUT2D eigenvalue weighted by molar-refractivity contribution is 5.43. The molecule has 0 amide bonds. The van der Waals surface area contributed by atoms with Gasteiger partial charge in [0.15, 0.2) is 37.2 Å². The first kappa shape index (κ1) is 55.6. The predicted molar refractivity (Wildman–Crippen MR) is 264 cm³/mol. The van der Waals surface area contributed by atoms with E-state index in [2.05, 4.69) is 19.9 Å². The maximum Gasteiger partial charge on any atom is 0.169 e. The smallest absolute Gasteiger partial charge is 0.169 e. The summed E-state index contributed by atoms with van der Waals surface area (Å²) >= 11 is 0. The lowest BCUT2D eigenvalue weighted by Gasteiger charge is -2.54. The zero-order valence-corrected chi connectivity index (χ0v) is 46.1. The number of aliphatic hydroxyl groups is 3. The third-order valence-corrected chi connectivity index (χ3v) is 20.1. The molecule has 4 aliphatic carbocycles. The molecule has 3 N–H and O–H groups in total. The molecular weight excluding hydrogens is 977 g/mol. The lowest BCUT2D eigenvalue weighted by atomic mass is 9.52. The Morgan fingerprint density at radius 2 is 1.04 bits per heavy atom. The largest absolute Gasteiger partial charge is 0.390 e. The van der Waals surface area contributed by atoms with Gasteiger partial charge in [-0.1, -0.05) is 29.7 Å². The van der Waals surface area contributed by atoms with Gasteiger partial charge in [-0.15, -0.1) is 0 Å². The van der Waals surface area contributed by atoms with Gasteiger partial charge in [-0.05, 0) is 97.3 Å². The van der Waals surface area contributed by atoms with Crippen LogP contribution in [0.15, 0.2) is 22.8 Å². The van der Waals surface area contributed by atoms with Crippen molar-refractivity contribution in [2.24, 2.45) is 28.6 Å². The molecule has 0 unspecified atom stereocenters.